The number of nitrogens with one attached hydrogen (secondary N) is 1. The molecule has 4 rings (SSSR count). The number of hydrogen-bond donors (Lipinski definition) is 1. The molecule has 0 atom stereocenters. The number of piperidine rings is 1. The molecule has 2 heterocycles. The fourth-order valence-electron chi connectivity index (χ4n) is 3.88. The monoisotopic (exact) mass is 483 g/mol. The summed E-state index contributed by atoms with van der Waals surface area (Å²) in [6.07, 6.45) is 1.74. The molecule has 1 amide bonds. The highest BCUT2D eigenvalue weighted by Crippen LogP contribution is 2.25. The molecule has 1 fully saturated rings. The van der Waals surface area contributed by atoms with Crippen LogP contribution in [0.15, 0.2) is 57.9 Å². The van der Waals surface area contributed by atoms with E-state index >= 15 is 0 Å². The number of anilines is 1. The maximum Gasteiger partial charge on any atom is 0.255 e. The predicted molar refractivity (Wildman–Crippen MR) is 128 cm³/mol. The quantitative estimate of drug-likeness (QED) is 0.529. The molecule has 0 spiro atoms. The Morgan fingerprint density at radius 1 is 1.15 bits per heavy atom. The van der Waals surface area contributed by atoms with Crippen LogP contribution in [0.25, 0.3) is 0 Å². The van der Waals surface area contributed by atoms with Gasteiger partial charge in [0.05, 0.1) is 16.2 Å². The predicted octanol–water partition coefficient (Wildman–Crippen LogP) is 4.54. The van der Waals surface area contributed by atoms with Crippen molar-refractivity contribution in [1.82, 2.24) is 9.46 Å². The molecule has 1 aliphatic rings. The van der Waals surface area contributed by atoms with E-state index in [-0.39, 0.29) is 17.4 Å². The van der Waals surface area contributed by atoms with Crippen LogP contribution in [0, 0.1) is 19.8 Å². The Morgan fingerprint density at radius 3 is 2.50 bits per heavy atom. The fraction of sp³-hybridized carbons (Fsp3) is 0.360. The molecule has 0 unspecified atom stereocenters. The molecule has 180 valence electrons. The summed E-state index contributed by atoms with van der Waals surface area (Å²) in [6.45, 7) is 7.18. The number of aryl methyl sites for hydroxylation is 2. The van der Waals surface area contributed by atoms with Crippen LogP contribution in [-0.4, -0.2) is 36.9 Å². The van der Waals surface area contributed by atoms with E-state index in [9.17, 15) is 13.2 Å². The number of rotatable bonds is 7. The van der Waals surface area contributed by atoms with Crippen LogP contribution in [-0.2, 0) is 16.6 Å². The van der Waals surface area contributed by atoms with E-state index < -0.39 is 10.0 Å². The number of benzene rings is 2. The second-order valence-corrected chi connectivity index (χ2v) is 10.6. The van der Waals surface area contributed by atoms with Crippen molar-refractivity contribution in [3.8, 4) is 5.75 Å². The number of amides is 1. The Bertz CT molecular complexity index is 1240. The molecule has 1 aliphatic heterocycles. The lowest BCUT2D eigenvalue weighted by Gasteiger charge is -2.29. The summed E-state index contributed by atoms with van der Waals surface area (Å²) in [5.41, 5.74) is 2.59. The van der Waals surface area contributed by atoms with Crippen LogP contribution >= 0.6 is 0 Å². The smallest absolute Gasteiger partial charge is 0.255 e. The Balaban J connectivity index is 1.39. The molecule has 0 bridgehead atoms. The molecule has 3 aromatic rings. The van der Waals surface area contributed by atoms with E-state index in [1.165, 1.54) is 16.4 Å². The van der Waals surface area contributed by atoms with Crippen LogP contribution in [0.5, 0.6) is 5.75 Å². The summed E-state index contributed by atoms with van der Waals surface area (Å²) < 4.78 is 38.3. The minimum Gasteiger partial charge on any atom is -0.489 e. The van der Waals surface area contributed by atoms with E-state index in [1.54, 1.807) is 36.4 Å². The van der Waals surface area contributed by atoms with Crippen LogP contribution < -0.4 is 10.1 Å². The van der Waals surface area contributed by atoms with Crippen LogP contribution in [0.3, 0.4) is 0 Å². The maximum absolute atomic E-state index is 12.9. The van der Waals surface area contributed by atoms with Crippen molar-refractivity contribution < 1.29 is 22.5 Å². The van der Waals surface area contributed by atoms with Gasteiger partial charge in [0.15, 0.2) is 0 Å². The van der Waals surface area contributed by atoms with Crippen molar-refractivity contribution in [2.45, 2.75) is 45.1 Å². The molecule has 9 heteroatoms. The van der Waals surface area contributed by atoms with Crippen molar-refractivity contribution in [3.63, 3.8) is 0 Å². The lowest BCUT2D eigenvalue weighted by atomic mass is 10.0. The third kappa shape index (κ3) is 5.31. The van der Waals surface area contributed by atoms with Crippen molar-refractivity contribution >= 4 is 21.6 Å². The normalized spacial score (nSPS) is 15.3. The van der Waals surface area contributed by atoms with E-state index in [4.69, 9.17) is 9.26 Å². The second-order valence-electron chi connectivity index (χ2n) is 8.68. The van der Waals surface area contributed by atoms with Gasteiger partial charge < -0.3 is 14.6 Å². The molecule has 2 aromatic carbocycles. The van der Waals surface area contributed by atoms with Crippen LogP contribution in [0.4, 0.5) is 5.69 Å². The third-order valence-electron chi connectivity index (χ3n) is 6.15. The molecule has 0 saturated carbocycles. The number of ether oxygens (including phenoxy) is 1. The van der Waals surface area contributed by atoms with E-state index in [1.807, 2.05) is 13.8 Å². The number of aromatic nitrogens is 1. The molecular weight excluding hydrogens is 454 g/mol. The van der Waals surface area contributed by atoms with Gasteiger partial charge in [0.1, 0.15) is 18.1 Å². The summed E-state index contributed by atoms with van der Waals surface area (Å²) in [5.74, 6) is 1.48. The average molecular weight is 484 g/mol. The molecule has 0 radical (unpaired) electrons. The largest absolute Gasteiger partial charge is 0.489 e. The Morgan fingerprint density at radius 2 is 1.85 bits per heavy atom. The van der Waals surface area contributed by atoms with Crippen LogP contribution in [0.1, 0.15) is 47.1 Å². The van der Waals surface area contributed by atoms with E-state index in [0.717, 1.165) is 24.1 Å². The van der Waals surface area contributed by atoms with Gasteiger partial charge in [0.25, 0.3) is 5.91 Å². The standard InChI is InChI=1S/C25H29N3O5S/c1-17-11-13-28(14-12-17)34(30,31)23-9-7-21(8-10-23)26-25(29)20-5-4-6-22(15-20)32-16-24-18(2)27-33-19(24)3/h4-10,15,17H,11-14,16H2,1-3H3,(H,26,29). The van der Waals surface area contributed by atoms with Crippen molar-refractivity contribution in [3.05, 3.63) is 71.1 Å². The molecule has 0 aliphatic carbocycles. The summed E-state index contributed by atoms with van der Waals surface area (Å²) in [4.78, 5) is 13.0. The van der Waals surface area contributed by atoms with Gasteiger partial charge in [-0.1, -0.05) is 18.1 Å². The first kappa shape index (κ1) is 24.0. The zero-order valence-electron chi connectivity index (χ0n) is 19.6. The van der Waals surface area contributed by atoms with Crippen molar-refractivity contribution in [2.24, 2.45) is 5.92 Å². The zero-order valence-corrected chi connectivity index (χ0v) is 20.4. The first-order chi connectivity index (χ1) is 16.2. The summed E-state index contributed by atoms with van der Waals surface area (Å²) in [6, 6.07) is 13.1. The molecular formula is C25H29N3O5S. The first-order valence-electron chi connectivity index (χ1n) is 11.3. The Kier molecular flexibility index (Phi) is 7.04. The third-order valence-corrected chi connectivity index (χ3v) is 8.07. The van der Waals surface area contributed by atoms with Crippen molar-refractivity contribution in [1.29, 1.82) is 0 Å². The van der Waals surface area contributed by atoms with Gasteiger partial charge in [0.2, 0.25) is 10.0 Å². The lowest BCUT2D eigenvalue weighted by molar-refractivity contribution is 0.102. The van der Waals surface area contributed by atoms with Gasteiger partial charge in [-0.05, 0) is 75.1 Å². The minimum atomic E-state index is -3.53. The van der Waals surface area contributed by atoms with Gasteiger partial charge in [-0.25, -0.2) is 8.42 Å². The second kappa shape index (κ2) is 9.99. The number of hydrogen-bond acceptors (Lipinski definition) is 6. The van der Waals surface area contributed by atoms with E-state index in [0.29, 0.717) is 41.8 Å². The maximum atomic E-state index is 12.9. The SMILES string of the molecule is Cc1noc(C)c1COc1cccc(C(=O)Nc2ccc(S(=O)(=O)N3CCC(C)CC3)cc2)c1. The summed E-state index contributed by atoms with van der Waals surface area (Å²) >= 11 is 0. The number of carbonyl (C=O) groups excluding carboxylic acids is 1. The lowest BCUT2D eigenvalue weighted by Crippen LogP contribution is -2.37. The number of carbonyl (C=O) groups is 1. The summed E-state index contributed by atoms with van der Waals surface area (Å²) in [5, 5.41) is 6.72. The number of nitrogens with zero attached hydrogens (tertiary/aromatic N) is 2. The van der Waals surface area contributed by atoms with Crippen molar-refractivity contribution in [2.75, 3.05) is 18.4 Å². The highest BCUT2D eigenvalue weighted by Gasteiger charge is 2.28. The Labute approximate surface area is 200 Å². The minimum absolute atomic E-state index is 0.231. The van der Waals surface area contributed by atoms with Gasteiger partial charge in [-0.3, -0.25) is 4.79 Å². The van der Waals surface area contributed by atoms with Gasteiger partial charge in [-0.2, -0.15) is 4.31 Å². The fourth-order valence-corrected chi connectivity index (χ4v) is 5.35. The topological polar surface area (TPSA) is 102 Å². The molecule has 34 heavy (non-hydrogen) atoms. The zero-order chi connectivity index (χ0) is 24.3. The molecule has 1 aromatic heterocycles. The Hall–Kier alpha value is -3.17. The first-order valence-corrected chi connectivity index (χ1v) is 12.7. The highest BCUT2D eigenvalue weighted by molar-refractivity contribution is 7.89. The highest BCUT2D eigenvalue weighted by atomic mass is 32.2. The summed E-state index contributed by atoms with van der Waals surface area (Å²) in [7, 11) is -3.53. The average Bonchev–Trinajstić information content (AvgIpc) is 3.15. The van der Waals surface area contributed by atoms with Gasteiger partial charge in [-0.15, -0.1) is 0 Å². The van der Waals surface area contributed by atoms with Gasteiger partial charge >= 0.3 is 0 Å². The number of sulfonamides is 1. The molecule has 1 N–H and O–H groups in total. The van der Waals surface area contributed by atoms with Gasteiger partial charge in [0, 0.05) is 24.3 Å². The van der Waals surface area contributed by atoms with Crippen LogP contribution in [0.2, 0.25) is 0 Å². The van der Waals surface area contributed by atoms with E-state index in [2.05, 4.69) is 17.4 Å². The molecule has 1 saturated heterocycles. The molecule has 8 nitrogen and oxygen atoms in total.